The topological polar surface area (TPSA) is 90.0 Å². The zero-order valence-electron chi connectivity index (χ0n) is 17.8. The van der Waals surface area contributed by atoms with Gasteiger partial charge < -0.3 is 14.4 Å². The lowest BCUT2D eigenvalue weighted by molar-refractivity contribution is -0.116. The van der Waals surface area contributed by atoms with E-state index < -0.39 is 5.56 Å². The van der Waals surface area contributed by atoms with Gasteiger partial charge in [0.25, 0.3) is 11.4 Å². The number of benzene rings is 2. The van der Waals surface area contributed by atoms with Crippen LogP contribution in [0.5, 0.6) is 0 Å². The molecule has 0 atom stereocenters. The highest BCUT2D eigenvalue weighted by molar-refractivity contribution is 6.30. The van der Waals surface area contributed by atoms with E-state index in [9.17, 15) is 9.59 Å². The lowest BCUT2D eigenvalue weighted by Gasteiger charge is -2.13. The van der Waals surface area contributed by atoms with Crippen LogP contribution in [0.2, 0.25) is 5.02 Å². The van der Waals surface area contributed by atoms with Crippen LogP contribution in [0.4, 0.5) is 5.69 Å². The van der Waals surface area contributed by atoms with E-state index >= 15 is 0 Å². The highest BCUT2D eigenvalue weighted by Gasteiger charge is 2.16. The van der Waals surface area contributed by atoms with Crippen molar-refractivity contribution in [2.45, 2.75) is 27.3 Å². The molecule has 0 aliphatic rings. The Morgan fingerprint density at radius 2 is 1.78 bits per heavy atom. The van der Waals surface area contributed by atoms with E-state index in [1.807, 2.05) is 32.9 Å². The molecule has 8 heteroatoms. The molecule has 1 N–H and O–H groups in total. The first-order chi connectivity index (χ1) is 15.3. The van der Waals surface area contributed by atoms with Crippen molar-refractivity contribution in [2.24, 2.45) is 0 Å². The molecule has 7 nitrogen and oxygen atoms in total. The molecule has 4 aromatic rings. The highest BCUT2D eigenvalue weighted by Crippen LogP contribution is 2.23. The van der Waals surface area contributed by atoms with Gasteiger partial charge in [-0.15, -0.1) is 0 Å². The van der Waals surface area contributed by atoms with Crippen LogP contribution in [0.25, 0.3) is 22.8 Å². The highest BCUT2D eigenvalue weighted by atomic mass is 35.5. The summed E-state index contributed by atoms with van der Waals surface area (Å²) < 4.78 is 6.62. The fourth-order valence-electron chi connectivity index (χ4n) is 3.58. The molecule has 1 amide bonds. The normalized spacial score (nSPS) is 10.9. The molecule has 0 saturated carbocycles. The lowest BCUT2D eigenvalue weighted by atomic mass is 10.1. The van der Waals surface area contributed by atoms with E-state index in [4.69, 9.17) is 16.1 Å². The molecule has 2 aromatic heterocycles. The second-order valence-electron chi connectivity index (χ2n) is 7.61. The molecular weight excluding hydrogens is 428 g/mol. The van der Waals surface area contributed by atoms with Gasteiger partial charge in [0.05, 0.1) is 0 Å². The number of nitrogens with one attached hydrogen (secondary N) is 1. The van der Waals surface area contributed by atoms with Crippen molar-refractivity contribution in [3.8, 4) is 22.8 Å². The van der Waals surface area contributed by atoms with Gasteiger partial charge in [0.2, 0.25) is 11.7 Å². The predicted octanol–water partition coefficient (Wildman–Crippen LogP) is 4.78. The number of hydrogen-bond donors (Lipinski definition) is 1. The molecule has 2 aromatic carbocycles. The molecule has 0 bridgehead atoms. The second kappa shape index (κ2) is 8.80. The van der Waals surface area contributed by atoms with Crippen LogP contribution in [0.1, 0.15) is 16.7 Å². The molecule has 0 unspecified atom stereocenters. The van der Waals surface area contributed by atoms with E-state index in [1.165, 1.54) is 4.57 Å². The number of hydrogen-bond acceptors (Lipinski definition) is 5. The molecule has 162 valence electrons. The van der Waals surface area contributed by atoms with Gasteiger partial charge in [0.1, 0.15) is 12.1 Å². The fraction of sp³-hybridized carbons (Fsp3) is 0.167. The first-order valence-corrected chi connectivity index (χ1v) is 10.4. The van der Waals surface area contributed by atoms with E-state index in [0.29, 0.717) is 16.4 Å². The van der Waals surface area contributed by atoms with Gasteiger partial charge in [-0.3, -0.25) is 9.59 Å². The Hall–Kier alpha value is -3.71. The van der Waals surface area contributed by atoms with Crippen molar-refractivity contribution in [3.63, 3.8) is 0 Å². The van der Waals surface area contributed by atoms with Gasteiger partial charge >= 0.3 is 0 Å². The molecule has 0 fully saturated rings. The summed E-state index contributed by atoms with van der Waals surface area (Å²) in [6, 6.07) is 14.2. The fourth-order valence-corrected chi connectivity index (χ4v) is 3.71. The summed E-state index contributed by atoms with van der Waals surface area (Å²) in [7, 11) is 0. The van der Waals surface area contributed by atoms with E-state index in [-0.39, 0.29) is 23.9 Å². The number of nitrogens with zero attached hydrogens (tertiary/aromatic N) is 3. The number of pyridine rings is 1. The number of amides is 1. The summed E-state index contributed by atoms with van der Waals surface area (Å²) in [5.41, 5.74) is 4.36. The summed E-state index contributed by atoms with van der Waals surface area (Å²) in [6.07, 6.45) is 1.55. The Balaban J connectivity index is 1.56. The van der Waals surface area contributed by atoms with E-state index in [1.54, 1.807) is 42.6 Å². The summed E-state index contributed by atoms with van der Waals surface area (Å²) in [5.74, 6) is 0.126. The van der Waals surface area contributed by atoms with Crippen LogP contribution in [0.15, 0.2) is 64.0 Å². The number of anilines is 1. The molecular formula is C24H21ClN4O3. The van der Waals surface area contributed by atoms with Crippen LogP contribution >= 0.6 is 11.6 Å². The molecule has 4 rings (SSSR count). The Bertz CT molecular complexity index is 1330. The van der Waals surface area contributed by atoms with Crippen LogP contribution in [0, 0.1) is 20.8 Å². The lowest BCUT2D eigenvalue weighted by Crippen LogP contribution is -2.28. The quantitative estimate of drug-likeness (QED) is 0.474. The Morgan fingerprint density at radius 1 is 1.09 bits per heavy atom. The Morgan fingerprint density at radius 3 is 2.47 bits per heavy atom. The van der Waals surface area contributed by atoms with Gasteiger partial charge in [-0.1, -0.05) is 34.5 Å². The minimum absolute atomic E-state index is 0.0833. The Labute approximate surface area is 189 Å². The molecule has 0 aliphatic heterocycles. The first-order valence-electron chi connectivity index (χ1n) is 9.99. The smallest absolute Gasteiger partial charge is 0.263 e. The van der Waals surface area contributed by atoms with Crippen molar-refractivity contribution in [3.05, 3.63) is 86.8 Å². The second-order valence-corrected chi connectivity index (χ2v) is 8.04. The van der Waals surface area contributed by atoms with Crippen molar-refractivity contribution >= 4 is 23.2 Å². The molecule has 0 saturated heterocycles. The minimum Gasteiger partial charge on any atom is -0.333 e. The number of carbonyl (C=O) groups is 1. The van der Waals surface area contributed by atoms with Crippen molar-refractivity contribution < 1.29 is 9.32 Å². The molecule has 0 aliphatic carbocycles. The zero-order chi connectivity index (χ0) is 22.8. The number of carbonyl (C=O) groups excluding carboxylic acids is 1. The predicted molar refractivity (Wildman–Crippen MR) is 124 cm³/mol. The first kappa shape index (κ1) is 21.5. The molecule has 0 spiro atoms. The average Bonchev–Trinajstić information content (AvgIpc) is 3.23. The SMILES string of the molecule is Cc1cc(C)c(NC(=O)Cn2cccc(-c3nc(-c4ccc(Cl)cc4)no3)c2=O)c(C)c1. The van der Waals surface area contributed by atoms with E-state index in [0.717, 1.165) is 22.4 Å². The largest absolute Gasteiger partial charge is 0.333 e. The number of aryl methyl sites for hydroxylation is 3. The summed E-state index contributed by atoms with van der Waals surface area (Å²) in [5, 5.41) is 7.45. The minimum atomic E-state index is -0.397. The third kappa shape index (κ3) is 4.48. The summed E-state index contributed by atoms with van der Waals surface area (Å²) in [6.45, 7) is 5.75. The van der Waals surface area contributed by atoms with Gasteiger partial charge in [-0.2, -0.15) is 4.98 Å². The maximum absolute atomic E-state index is 13.0. The van der Waals surface area contributed by atoms with Gasteiger partial charge in [0.15, 0.2) is 0 Å². The van der Waals surface area contributed by atoms with Gasteiger partial charge in [0, 0.05) is 22.5 Å². The summed E-state index contributed by atoms with van der Waals surface area (Å²) >= 11 is 5.91. The summed E-state index contributed by atoms with van der Waals surface area (Å²) in [4.78, 5) is 29.9. The van der Waals surface area contributed by atoms with Gasteiger partial charge in [-0.25, -0.2) is 0 Å². The molecule has 32 heavy (non-hydrogen) atoms. The average molecular weight is 449 g/mol. The van der Waals surface area contributed by atoms with Gasteiger partial charge in [-0.05, 0) is 68.3 Å². The van der Waals surface area contributed by atoms with Crippen molar-refractivity contribution in [1.29, 1.82) is 0 Å². The van der Waals surface area contributed by atoms with E-state index in [2.05, 4.69) is 15.5 Å². The van der Waals surface area contributed by atoms with Crippen LogP contribution in [-0.4, -0.2) is 20.6 Å². The Kier molecular flexibility index (Phi) is 5.92. The van der Waals surface area contributed by atoms with Crippen LogP contribution in [0.3, 0.4) is 0 Å². The molecule has 0 radical (unpaired) electrons. The number of rotatable bonds is 5. The third-order valence-corrected chi connectivity index (χ3v) is 5.29. The standard InChI is InChI=1S/C24H21ClN4O3/c1-14-11-15(2)21(16(3)12-14)26-20(30)13-29-10-4-5-19(24(29)31)23-27-22(28-32-23)17-6-8-18(25)9-7-17/h4-12H,13H2,1-3H3,(H,26,30). The molecule has 2 heterocycles. The van der Waals surface area contributed by atoms with Crippen molar-refractivity contribution in [1.82, 2.24) is 14.7 Å². The van der Waals surface area contributed by atoms with Crippen molar-refractivity contribution in [2.75, 3.05) is 5.32 Å². The van der Waals surface area contributed by atoms with Crippen LogP contribution in [-0.2, 0) is 11.3 Å². The monoisotopic (exact) mass is 448 g/mol. The number of halogens is 1. The zero-order valence-corrected chi connectivity index (χ0v) is 18.6. The van der Waals surface area contributed by atoms with Crippen LogP contribution < -0.4 is 10.9 Å². The third-order valence-electron chi connectivity index (χ3n) is 5.03. The maximum atomic E-state index is 13.0. The maximum Gasteiger partial charge on any atom is 0.263 e. The number of aromatic nitrogens is 3.